The number of ether oxygens (including phenoxy) is 1. The molecule has 0 radical (unpaired) electrons. The first-order valence-corrected chi connectivity index (χ1v) is 20.0. The van der Waals surface area contributed by atoms with E-state index in [9.17, 15) is 14.7 Å². The summed E-state index contributed by atoms with van der Waals surface area (Å²) in [6.45, 7) is 20.4. The maximum absolute atomic E-state index is 12.9. The fraction of sp³-hybridized carbons (Fsp3) is 0.767. The van der Waals surface area contributed by atoms with E-state index in [0.29, 0.717) is 34.5 Å². The molecule has 2 N–H and O–H groups in total. The van der Waals surface area contributed by atoms with Crippen LogP contribution in [0.1, 0.15) is 138 Å². The highest BCUT2D eigenvalue weighted by Crippen LogP contribution is 2.76. The molecule has 0 saturated heterocycles. The van der Waals surface area contributed by atoms with E-state index in [1.807, 2.05) is 17.7 Å². The van der Waals surface area contributed by atoms with Crippen LogP contribution in [0.25, 0.3) is 0 Å². The Balaban J connectivity index is 1.19. The van der Waals surface area contributed by atoms with Gasteiger partial charge in [0.15, 0.2) is 0 Å². The van der Waals surface area contributed by atoms with Crippen LogP contribution in [-0.4, -0.2) is 29.7 Å². The fourth-order valence-electron chi connectivity index (χ4n) is 12.7. The molecule has 0 spiro atoms. The third-order valence-corrected chi connectivity index (χ3v) is 16.1. The maximum Gasteiger partial charge on any atom is 0.309 e. The Bertz CT molecular complexity index is 1450. The number of halogens is 1. The highest BCUT2D eigenvalue weighted by atomic mass is 35.5. The molecule has 1 aromatic carbocycles. The monoisotopic (exact) mass is 693 g/mol. The van der Waals surface area contributed by atoms with Gasteiger partial charge in [-0.2, -0.15) is 0 Å². The van der Waals surface area contributed by atoms with Gasteiger partial charge in [0, 0.05) is 11.6 Å². The van der Waals surface area contributed by atoms with Crippen molar-refractivity contribution in [2.24, 2.45) is 56.7 Å². The van der Waals surface area contributed by atoms with Gasteiger partial charge in [-0.3, -0.25) is 9.59 Å². The molecular formula is C43H64ClNO4. The molecule has 6 heteroatoms. The Morgan fingerprint density at radius 2 is 1.69 bits per heavy atom. The average molecular weight is 694 g/mol. The first-order chi connectivity index (χ1) is 23.0. The molecule has 4 fully saturated rings. The number of nitrogens with one attached hydrogen (secondary N) is 1. The van der Waals surface area contributed by atoms with Gasteiger partial charge in [0.05, 0.1) is 11.8 Å². The SMILES string of the molecule is CC(C)C1=C2[C@H]3CCC4[C@@]5(C)CC[C@H](OC(=O)CC(C)(C)C(=O)O)C(C)C5CC[C@@]4(C)[C@]3(C)CC[C@@]2(CCNCc2ccc(Cl)cc2)CC1. The number of carboxylic acid groups (broad SMARTS) is 1. The molecule has 0 aromatic heterocycles. The lowest BCUT2D eigenvalue weighted by Crippen LogP contribution is -2.64. The number of esters is 1. The zero-order valence-electron chi connectivity index (χ0n) is 31.7. The zero-order valence-corrected chi connectivity index (χ0v) is 32.5. The Labute approximate surface area is 301 Å². The lowest BCUT2D eigenvalue weighted by Gasteiger charge is -2.71. The van der Waals surface area contributed by atoms with Crippen LogP contribution in [0, 0.1) is 56.7 Å². The average Bonchev–Trinajstić information content (AvgIpc) is 3.42. The van der Waals surface area contributed by atoms with Gasteiger partial charge in [-0.25, -0.2) is 0 Å². The number of carboxylic acids is 1. The molecule has 49 heavy (non-hydrogen) atoms. The molecule has 3 unspecified atom stereocenters. The van der Waals surface area contributed by atoms with Crippen molar-refractivity contribution < 1.29 is 19.4 Å². The summed E-state index contributed by atoms with van der Waals surface area (Å²) in [5.74, 6) is 1.45. The van der Waals surface area contributed by atoms with E-state index in [2.05, 4.69) is 59.0 Å². The van der Waals surface area contributed by atoms with Crippen LogP contribution in [0.15, 0.2) is 35.4 Å². The Morgan fingerprint density at radius 3 is 2.37 bits per heavy atom. The predicted molar refractivity (Wildman–Crippen MR) is 198 cm³/mol. The van der Waals surface area contributed by atoms with Crippen molar-refractivity contribution >= 4 is 23.5 Å². The van der Waals surface area contributed by atoms with Crippen LogP contribution in [0.3, 0.4) is 0 Å². The van der Waals surface area contributed by atoms with Crippen LogP contribution in [0.4, 0.5) is 0 Å². The van der Waals surface area contributed by atoms with E-state index in [4.69, 9.17) is 16.3 Å². The second-order valence-electron chi connectivity index (χ2n) is 18.9. The van der Waals surface area contributed by atoms with Crippen molar-refractivity contribution in [3.8, 4) is 0 Å². The van der Waals surface area contributed by atoms with Gasteiger partial charge in [0.25, 0.3) is 0 Å². The van der Waals surface area contributed by atoms with Gasteiger partial charge >= 0.3 is 11.9 Å². The zero-order chi connectivity index (χ0) is 35.6. The molecule has 0 amide bonds. The van der Waals surface area contributed by atoms with E-state index in [-0.39, 0.29) is 35.2 Å². The number of benzene rings is 1. The molecule has 0 heterocycles. The van der Waals surface area contributed by atoms with Crippen molar-refractivity contribution in [3.05, 3.63) is 46.0 Å². The quantitative estimate of drug-likeness (QED) is 0.145. The molecule has 6 rings (SSSR count). The second-order valence-corrected chi connectivity index (χ2v) is 19.3. The normalized spacial score (nSPS) is 38.8. The number of fused-ring (bicyclic) bond motifs is 7. The summed E-state index contributed by atoms with van der Waals surface area (Å²) in [7, 11) is 0. The molecule has 4 saturated carbocycles. The summed E-state index contributed by atoms with van der Waals surface area (Å²) in [5.41, 5.74) is 5.01. The lowest BCUT2D eigenvalue weighted by atomic mass is 9.34. The lowest BCUT2D eigenvalue weighted by molar-refractivity contribution is -0.216. The smallest absolute Gasteiger partial charge is 0.309 e. The number of carbonyl (C=O) groups is 2. The van der Waals surface area contributed by atoms with Gasteiger partial charge in [0.2, 0.25) is 0 Å². The first-order valence-electron chi connectivity index (χ1n) is 19.6. The van der Waals surface area contributed by atoms with Gasteiger partial charge < -0.3 is 15.2 Å². The number of allylic oxidation sites excluding steroid dienone is 2. The molecule has 0 bridgehead atoms. The van der Waals surface area contributed by atoms with Crippen LogP contribution in [0.2, 0.25) is 5.02 Å². The standard InChI is InChI=1S/C43H64ClNO4/c1-27(2)31-15-20-43(23-24-45-26-29-9-11-30(44)12-10-29)22-21-41(7)33(37(31)43)13-14-35-40(6)18-17-34(28(3)32(40)16-19-42(35,41)8)49-36(46)25-39(4,5)38(47)48/h9-12,27-28,32-35,45H,13-26H2,1-8H3,(H,47,48)/t28?,32?,33-,34+,35?,40+,41-,42-,43-/m1/s1. The second kappa shape index (κ2) is 13.3. The van der Waals surface area contributed by atoms with Crippen molar-refractivity contribution in [2.75, 3.05) is 6.54 Å². The largest absolute Gasteiger partial charge is 0.481 e. The summed E-state index contributed by atoms with van der Waals surface area (Å²) in [4.78, 5) is 24.6. The molecule has 9 atom stereocenters. The minimum atomic E-state index is -1.11. The van der Waals surface area contributed by atoms with Crippen LogP contribution in [-0.2, 0) is 20.9 Å². The summed E-state index contributed by atoms with van der Waals surface area (Å²) in [6, 6.07) is 8.25. The minimum Gasteiger partial charge on any atom is -0.481 e. The van der Waals surface area contributed by atoms with Gasteiger partial charge in [0.1, 0.15) is 6.10 Å². The van der Waals surface area contributed by atoms with E-state index >= 15 is 0 Å². The van der Waals surface area contributed by atoms with Crippen LogP contribution >= 0.6 is 11.6 Å². The van der Waals surface area contributed by atoms with Crippen molar-refractivity contribution in [3.63, 3.8) is 0 Å². The topological polar surface area (TPSA) is 75.6 Å². The minimum absolute atomic E-state index is 0.0813. The third kappa shape index (κ3) is 6.23. The van der Waals surface area contributed by atoms with Gasteiger partial charge in [-0.1, -0.05) is 76.4 Å². The fourth-order valence-corrected chi connectivity index (χ4v) is 12.9. The maximum atomic E-state index is 12.9. The van der Waals surface area contributed by atoms with Crippen molar-refractivity contribution in [1.82, 2.24) is 5.32 Å². The first kappa shape index (κ1) is 36.9. The van der Waals surface area contributed by atoms with E-state index in [1.165, 1.54) is 63.4 Å². The molecular weight excluding hydrogens is 630 g/mol. The Morgan fingerprint density at radius 1 is 0.980 bits per heavy atom. The molecule has 0 aliphatic heterocycles. The number of carbonyl (C=O) groups excluding carboxylic acids is 1. The molecule has 5 nitrogen and oxygen atoms in total. The molecule has 1 aromatic rings. The number of hydrogen-bond acceptors (Lipinski definition) is 4. The highest BCUT2D eigenvalue weighted by Gasteiger charge is 2.68. The summed E-state index contributed by atoms with van der Waals surface area (Å²) in [5, 5.41) is 14.2. The van der Waals surface area contributed by atoms with Crippen LogP contribution < -0.4 is 5.32 Å². The van der Waals surface area contributed by atoms with E-state index in [1.54, 1.807) is 19.4 Å². The molecule has 5 aliphatic carbocycles. The molecule has 272 valence electrons. The number of aliphatic carboxylic acids is 1. The predicted octanol–water partition coefficient (Wildman–Crippen LogP) is 10.6. The number of rotatable bonds is 10. The van der Waals surface area contributed by atoms with Crippen LogP contribution in [0.5, 0.6) is 0 Å². The van der Waals surface area contributed by atoms with Gasteiger partial charge in [-0.15, -0.1) is 0 Å². The van der Waals surface area contributed by atoms with Crippen molar-refractivity contribution in [2.45, 2.75) is 145 Å². The number of hydrogen-bond donors (Lipinski definition) is 2. The molecule has 5 aliphatic rings. The highest BCUT2D eigenvalue weighted by molar-refractivity contribution is 6.30. The Hall–Kier alpha value is -1.85. The summed E-state index contributed by atoms with van der Waals surface area (Å²) < 4.78 is 6.09. The van der Waals surface area contributed by atoms with Gasteiger partial charge in [-0.05, 0) is 160 Å². The van der Waals surface area contributed by atoms with E-state index in [0.717, 1.165) is 31.0 Å². The third-order valence-electron chi connectivity index (χ3n) is 15.8. The Kier molecular flexibility index (Phi) is 10.0. The summed E-state index contributed by atoms with van der Waals surface area (Å²) >= 11 is 6.13. The summed E-state index contributed by atoms with van der Waals surface area (Å²) in [6.07, 6.45) is 13.3. The van der Waals surface area contributed by atoms with Crippen molar-refractivity contribution in [1.29, 1.82) is 0 Å². The van der Waals surface area contributed by atoms with E-state index < -0.39 is 11.4 Å².